The number of amides is 2. The summed E-state index contributed by atoms with van der Waals surface area (Å²) in [5, 5.41) is 6.64. The number of ether oxygens (including phenoxy) is 2. The molecule has 0 aliphatic carbocycles. The molecule has 1 fully saturated rings. The highest BCUT2D eigenvalue weighted by Gasteiger charge is 2.24. The van der Waals surface area contributed by atoms with E-state index < -0.39 is 0 Å². The van der Waals surface area contributed by atoms with Gasteiger partial charge in [0.2, 0.25) is 0 Å². The monoisotopic (exact) mass is 619 g/mol. The zero-order valence-electron chi connectivity index (χ0n) is 18.4. The molecule has 0 spiro atoms. The van der Waals surface area contributed by atoms with Gasteiger partial charge in [-0.05, 0) is 94.5 Å². The number of thioether (sulfide) groups is 1. The SMILES string of the molecule is COc1cc(/C=C2\SC(=Nc3ccc(Cl)cc3)NC2=O)cc(I)c1OCC(=O)Nc1ccccc1. The quantitative estimate of drug-likeness (QED) is 0.256. The van der Waals surface area contributed by atoms with Crippen LogP contribution in [-0.4, -0.2) is 30.7 Å². The number of carbonyl (C=O) groups excluding carboxylic acids is 2. The molecule has 2 amide bonds. The first-order valence-corrected chi connectivity index (χ1v) is 12.6. The molecule has 1 aliphatic heterocycles. The third-order valence-corrected chi connectivity index (χ3v) is 6.63. The minimum Gasteiger partial charge on any atom is -0.493 e. The van der Waals surface area contributed by atoms with Gasteiger partial charge in [-0.3, -0.25) is 9.59 Å². The van der Waals surface area contributed by atoms with Crippen molar-refractivity contribution in [3.05, 3.63) is 85.8 Å². The summed E-state index contributed by atoms with van der Waals surface area (Å²) in [6, 6.07) is 19.8. The van der Waals surface area contributed by atoms with Crippen molar-refractivity contribution in [2.75, 3.05) is 19.0 Å². The highest BCUT2D eigenvalue weighted by Crippen LogP contribution is 2.36. The molecule has 7 nitrogen and oxygen atoms in total. The maximum absolute atomic E-state index is 12.5. The maximum atomic E-state index is 12.5. The Morgan fingerprint density at radius 2 is 1.91 bits per heavy atom. The van der Waals surface area contributed by atoms with Crippen molar-refractivity contribution < 1.29 is 19.1 Å². The van der Waals surface area contributed by atoms with Crippen LogP contribution in [0.1, 0.15) is 5.56 Å². The number of benzene rings is 3. The van der Waals surface area contributed by atoms with Gasteiger partial charge in [0.25, 0.3) is 11.8 Å². The minimum absolute atomic E-state index is 0.176. The molecule has 0 bridgehead atoms. The number of nitrogens with one attached hydrogen (secondary N) is 2. The van der Waals surface area contributed by atoms with Crippen molar-refractivity contribution in [3.63, 3.8) is 0 Å². The van der Waals surface area contributed by atoms with E-state index in [2.05, 4.69) is 38.2 Å². The number of hydrogen-bond donors (Lipinski definition) is 2. The number of amidine groups is 1. The zero-order valence-corrected chi connectivity index (χ0v) is 22.1. The number of nitrogens with zero attached hydrogens (tertiary/aromatic N) is 1. The van der Waals surface area contributed by atoms with Crippen LogP contribution in [0.25, 0.3) is 6.08 Å². The van der Waals surface area contributed by atoms with Crippen molar-refractivity contribution in [1.82, 2.24) is 5.32 Å². The number of rotatable bonds is 7. The number of methoxy groups -OCH3 is 1. The first-order chi connectivity index (χ1) is 16.9. The lowest BCUT2D eigenvalue weighted by Crippen LogP contribution is -2.20. The van der Waals surface area contributed by atoms with E-state index in [1.54, 1.807) is 48.5 Å². The van der Waals surface area contributed by atoms with E-state index in [-0.39, 0.29) is 18.4 Å². The Labute approximate surface area is 225 Å². The predicted molar refractivity (Wildman–Crippen MR) is 149 cm³/mol. The molecule has 3 aromatic carbocycles. The topological polar surface area (TPSA) is 89.0 Å². The normalized spacial score (nSPS) is 15.2. The molecule has 1 heterocycles. The Balaban J connectivity index is 1.47. The van der Waals surface area contributed by atoms with Gasteiger partial charge in [0.15, 0.2) is 23.3 Å². The molecule has 0 aromatic heterocycles. The zero-order chi connectivity index (χ0) is 24.8. The summed E-state index contributed by atoms with van der Waals surface area (Å²) in [5.74, 6) is 0.378. The van der Waals surface area contributed by atoms with Crippen LogP contribution in [0.3, 0.4) is 0 Å². The Morgan fingerprint density at radius 1 is 1.17 bits per heavy atom. The number of carbonyl (C=O) groups is 2. The first kappa shape index (κ1) is 25.1. The van der Waals surface area contributed by atoms with Crippen molar-refractivity contribution in [1.29, 1.82) is 0 Å². The van der Waals surface area contributed by atoms with Gasteiger partial charge in [-0.25, -0.2) is 4.99 Å². The molecule has 35 heavy (non-hydrogen) atoms. The number of para-hydroxylation sites is 1. The summed E-state index contributed by atoms with van der Waals surface area (Å²) in [5.41, 5.74) is 2.13. The summed E-state index contributed by atoms with van der Waals surface area (Å²) in [4.78, 5) is 29.7. The lowest BCUT2D eigenvalue weighted by atomic mass is 10.2. The van der Waals surface area contributed by atoms with E-state index in [4.69, 9.17) is 21.1 Å². The van der Waals surface area contributed by atoms with Crippen LogP contribution >= 0.6 is 46.0 Å². The molecule has 1 saturated heterocycles. The number of anilines is 1. The van der Waals surface area contributed by atoms with Crippen molar-refractivity contribution in [3.8, 4) is 11.5 Å². The maximum Gasteiger partial charge on any atom is 0.264 e. The summed E-state index contributed by atoms with van der Waals surface area (Å²) >= 11 is 9.26. The van der Waals surface area contributed by atoms with Gasteiger partial charge in [-0.1, -0.05) is 29.8 Å². The Hall–Kier alpha value is -3.02. The molecule has 178 valence electrons. The molecule has 3 aromatic rings. The van der Waals surface area contributed by atoms with Crippen LogP contribution in [-0.2, 0) is 9.59 Å². The highest BCUT2D eigenvalue weighted by atomic mass is 127. The molecule has 0 atom stereocenters. The molecule has 0 unspecified atom stereocenters. The predicted octanol–water partition coefficient (Wildman–Crippen LogP) is 5.86. The number of aliphatic imine (C=N–C) groups is 1. The Morgan fingerprint density at radius 3 is 2.63 bits per heavy atom. The summed E-state index contributed by atoms with van der Waals surface area (Å²) < 4.78 is 12.0. The van der Waals surface area contributed by atoms with E-state index in [9.17, 15) is 9.59 Å². The summed E-state index contributed by atoms with van der Waals surface area (Å²) in [7, 11) is 1.52. The van der Waals surface area contributed by atoms with Crippen LogP contribution in [0.15, 0.2) is 76.6 Å². The minimum atomic E-state index is -0.285. The molecular formula is C25H19ClIN3O4S. The molecule has 1 aliphatic rings. The van der Waals surface area contributed by atoms with Crippen molar-refractivity contribution in [2.24, 2.45) is 4.99 Å². The number of halogens is 2. The molecule has 10 heteroatoms. The Bertz CT molecular complexity index is 1310. The molecular weight excluding hydrogens is 601 g/mol. The van der Waals surface area contributed by atoms with E-state index in [0.717, 1.165) is 9.13 Å². The van der Waals surface area contributed by atoms with Crippen molar-refractivity contribution >= 4 is 80.4 Å². The van der Waals surface area contributed by atoms with E-state index >= 15 is 0 Å². The number of hydrogen-bond acceptors (Lipinski definition) is 6. The van der Waals surface area contributed by atoms with Gasteiger partial charge in [0.1, 0.15) is 0 Å². The third-order valence-electron chi connectivity index (χ3n) is 4.66. The molecule has 2 N–H and O–H groups in total. The van der Waals surface area contributed by atoms with E-state index in [1.165, 1.54) is 18.9 Å². The molecule has 0 saturated carbocycles. The van der Waals surface area contributed by atoms with Crippen LogP contribution in [0.5, 0.6) is 11.5 Å². The smallest absolute Gasteiger partial charge is 0.264 e. The second kappa shape index (κ2) is 11.6. The van der Waals surface area contributed by atoms with Crippen LogP contribution < -0.4 is 20.1 Å². The fraction of sp³-hybridized carbons (Fsp3) is 0.0800. The van der Waals surface area contributed by atoms with Gasteiger partial charge in [0.05, 0.1) is 21.3 Å². The largest absolute Gasteiger partial charge is 0.493 e. The second-order valence-electron chi connectivity index (χ2n) is 7.20. The van der Waals surface area contributed by atoms with Gasteiger partial charge >= 0.3 is 0 Å². The van der Waals surface area contributed by atoms with E-state index in [1.807, 2.05) is 24.3 Å². The second-order valence-corrected chi connectivity index (χ2v) is 9.82. The summed E-state index contributed by atoms with van der Waals surface area (Å²) in [6.45, 7) is -0.176. The fourth-order valence-corrected chi connectivity index (χ4v) is 4.83. The standard InChI is InChI=1S/C25H19ClIN3O4S/c1-33-20-12-15(11-19(27)23(20)34-14-22(31)28-17-5-3-2-4-6-17)13-21-24(32)30-25(35-21)29-18-9-7-16(26)8-10-18/h2-13H,14H2,1H3,(H,28,31)(H,29,30,32)/b21-13-. The van der Waals surface area contributed by atoms with Crippen LogP contribution in [0.2, 0.25) is 5.02 Å². The van der Waals surface area contributed by atoms with Crippen LogP contribution in [0, 0.1) is 3.57 Å². The van der Waals surface area contributed by atoms with Crippen LogP contribution in [0.4, 0.5) is 11.4 Å². The first-order valence-electron chi connectivity index (χ1n) is 10.3. The van der Waals surface area contributed by atoms with E-state index in [0.29, 0.717) is 38.0 Å². The van der Waals surface area contributed by atoms with Gasteiger partial charge in [-0.15, -0.1) is 0 Å². The molecule has 4 rings (SSSR count). The highest BCUT2D eigenvalue weighted by molar-refractivity contribution is 14.1. The third kappa shape index (κ3) is 6.77. The van der Waals surface area contributed by atoms with Gasteiger partial charge in [-0.2, -0.15) is 0 Å². The Kier molecular flexibility index (Phi) is 8.32. The summed E-state index contributed by atoms with van der Waals surface area (Å²) in [6.07, 6.45) is 1.75. The molecule has 0 radical (unpaired) electrons. The average molecular weight is 620 g/mol. The lowest BCUT2D eigenvalue weighted by Gasteiger charge is -2.14. The van der Waals surface area contributed by atoms with Gasteiger partial charge < -0.3 is 20.1 Å². The van der Waals surface area contributed by atoms with Crippen molar-refractivity contribution in [2.45, 2.75) is 0 Å². The van der Waals surface area contributed by atoms with Gasteiger partial charge in [0, 0.05) is 10.7 Å². The average Bonchev–Trinajstić information content (AvgIpc) is 3.18. The fourth-order valence-electron chi connectivity index (χ4n) is 3.08. The lowest BCUT2D eigenvalue weighted by molar-refractivity contribution is -0.118.